The number of carbonyl (C=O) groups is 1. The maximum Gasteiger partial charge on any atom is 0.170 e. The van der Waals surface area contributed by atoms with Crippen LogP contribution in [-0.2, 0) is 16.6 Å². The third kappa shape index (κ3) is 13.2. The minimum Gasteiger partial charge on any atom is -0.480 e. The Morgan fingerprint density at radius 2 is 1.41 bits per heavy atom. The average molecular weight is 581 g/mol. The Balaban J connectivity index is 0.000000380. The number of nitrogens with zero attached hydrogens (tertiary/aromatic N) is 2. The number of unbranched alkanes of at least 4 members (excludes halogenated alkanes) is 1. The van der Waals surface area contributed by atoms with Gasteiger partial charge in [-0.1, -0.05) is 111 Å². The van der Waals surface area contributed by atoms with Gasteiger partial charge in [-0.15, -0.1) is 0 Å². The van der Waals surface area contributed by atoms with E-state index in [-0.39, 0.29) is 11.2 Å². The summed E-state index contributed by atoms with van der Waals surface area (Å²) < 4.78 is 5.90. The van der Waals surface area contributed by atoms with Crippen molar-refractivity contribution in [2.45, 2.75) is 120 Å². The van der Waals surface area contributed by atoms with Gasteiger partial charge < -0.3 is 4.74 Å². The molecule has 0 amide bonds. The molecule has 3 aromatic rings. The Kier molecular flexibility index (Phi) is 14.7. The lowest BCUT2D eigenvalue weighted by Crippen LogP contribution is -2.22. The van der Waals surface area contributed by atoms with Gasteiger partial charge in [0, 0.05) is 34.0 Å². The number of hydrogen-bond donors (Lipinski definition) is 0. The summed E-state index contributed by atoms with van der Waals surface area (Å²) in [6, 6.07) is 15.7. The van der Waals surface area contributed by atoms with Crippen LogP contribution in [0.15, 0.2) is 48.5 Å². The molecule has 0 aliphatic carbocycles. The van der Waals surface area contributed by atoms with Crippen LogP contribution in [0.1, 0.15) is 111 Å². The number of aryl methyl sites for hydroxylation is 2. The molecule has 41 heavy (non-hydrogen) atoms. The second-order valence-corrected chi connectivity index (χ2v) is 13.3. The summed E-state index contributed by atoms with van der Waals surface area (Å²) in [4.78, 5) is 20.6. The van der Waals surface area contributed by atoms with Crippen LogP contribution in [-0.4, -0.2) is 21.9 Å². The molecule has 0 spiro atoms. The summed E-state index contributed by atoms with van der Waals surface area (Å²) in [5.74, 6) is 0.811. The minimum absolute atomic E-state index is 0.0379. The van der Waals surface area contributed by atoms with Gasteiger partial charge in [-0.25, -0.2) is 4.98 Å². The van der Waals surface area contributed by atoms with Crippen molar-refractivity contribution in [1.29, 1.82) is 0 Å². The van der Waals surface area contributed by atoms with Crippen molar-refractivity contribution in [3.63, 3.8) is 0 Å². The smallest absolute Gasteiger partial charge is 0.170 e. The predicted molar refractivity (Wildman–Crippen MR) is 176 cm³/mol. The molecule has 0 saturated heterocycles. The number of pyridine rings is 2. The molecular formula is C36H53ClN2O2. The molecule has 4 rings (SSSR count). The van der Waals surface area contributed by atoms with Gasteiger partial charge in [-0.2, -0.15) is 0 Å². The number of halogens is 1. The van der Waals surface area contributed by atoms with Gasteiger partial charge in [0.25, 0.3) is 0 Å². The molecule has 1 aromatic carbocycles. The van der Waals surface area contributed by atoms with Crippen molar-refractivity contribution in [2.24, 2.45) is 5.41 Å². The predicted octanol–water partition coefficient (Wildman–Crippen LogP) is 10.5. The quantitative estimate of drug-likeness (QED) is 0.309. The highest BCUT2D eigenvalue weighted by Crippen LogP contribution is 2.40. The van der Waals surface area contributed by atoms with E-state index >= 15 is 0 Å². The third-order valence-corrected chi connectivity index (χ3v) is 6.92. The largest absolute Gasteiger partial charge is 0.480 e. The molecule has 0 N–H and O–H groups in total. The van der Waals surface area contributed by atoms with E-state index < -0.39 is 6.10 Å². The summed E-state index contributed by atoms with van der Waals surface area (Å²) in [6.07, 6.45) is 4.03. The van der Waals surface area contributed by atoms with Gasteiger partial charge in [0.05, 0.1) is 11.4 Å². The molecule has 5 heteroatoms. The fourth-order valence-corrected chi connectivity index (χ4v) is 3.57. The highest BCUT2D eigenvalue weighted by molar-refractivity contribution is 6.30. The molecule has 0 radical (unpaired) electrons. The van der Waals surface area contributed by atoms with Crippen LogP contribution >= 0.6 is 11.6 Å². The molecule has 1 atom stereocenters. The van der Waals surface area contributed by atoms with E-state index in [1.807, 2.05) is 56.3 Å². The third-order valence-electron chi connectivity index (χ3n) is 6.67. The first-order chi connectivity index (χ1) is 19.0. The molecule has 3 heterocycles. The van der Waals surface area contributed by atoms with Crippen LogP contribution in [0.5, 0.6) is 5.75 Å². The minimum atomic E-state index is -0.418. The standard InChI is InChI=1S/C19H20ClNO2.C7H9N.C6H14.C4H10/c1-11(22)17-10-16-18(23-17)14(19(2,3)4)9-15(21-16)12-5-7-13(20)8-6-12;1-6-4-3-5-7(2)8-6;1-5-6(2,3)4;1-3-4-2/h5-9,17H,10H2,1-4H3;3-5H,1-2H3;5H2,1-4H3;3-4H2,1-2H3. The van der Waals surface area contributed by atoms with E-state index in [2.05, 4.69) is 73.4 Å². The van der Waals surface area contributed by atoms with Crippen LogP contribution in [0, 0.1) is 19.3 Å². The van der Waals surface area contributed by atoms with Crippen LogP contribution in [0.3, 0.4) is 0 Å². The molecule has 0 bridgehead atoms. The Bertz CT molecular complexity index is 1200. The maximum atomic E-state index is 11.7. The van der Waals surface area contributed by atoms with Crippen molar-refractivity contribution >= 4 is 17.4 Å². The van der Waals surface area contributed by atoms with Crippen LogP contribution < -0.4 is 4.74 Å². The van der Waals surface area contributed by atoms with E-state index in [4.69, 9.17) is 21.3 Å². The highest BCUT2D eigenvalue weighted by atomic mass is 35.5. The van der Waals surface area contributed by atoms with Gasteiger partial charge >= 0.3 is 0 Å². The SMILES string of the molecule is CC(=O)C1Cc2nc(-c3ccc(Cl)cc3)cc(C(C)(C)C)c2O1.CCC(C)(C)C.CCCC.Cc1cccc(C)n1. The number of benzene rings is 1. The first-order valence-electron chi connectivity index (χ1n) is 14.9. The molecule has 1 unspecified atom stereocenters. The summed E-state index contributed by atoms with van der Waals surface area (Å²) in [5, 5.41) is 0.700. The fourth-order valence-electron chi connectivity index (χ4n) is 3.45. The van der Waals surface area contributed by atoms with Crippen molar-refractivity contribution in [1.82, 2.24) is 9.97 Å². The number of ketones is 1. The van der Waals surface area contributed by atoms with Crippen LogP contribution in [0.4, 0.5) is 0 Å². The second-order valence-electron chi connectivity index (χ2n) is 12.8. The Hall–Kier alpha value is -2.72. The van der Waals surface area contributed by atoms with Crippen LogP contribution in [0.2, 0.25) is 5.02 Å². The highest BCUT2D eigenvalue weighted by Gasteiger charge is 2.33. The zero-order chi connectivity index (χ0) is 31.4. The van der Waals surface area contributed by atoms with E-state index in [1.54, 1.807) is 6.92 Å². The number of ether oxygens (including phenoxy) is 1. The van der Waals surface area contributed by atoms with Gasteiger partial charge in [0.1, 0.15) is 5.75 Å². The normalized spacial score (nSPS) is 13.7. The van der Waals surface area contributed by atoms with Crippen molar-refractivity contribution < 1.29 is 9.53 Å². The summed E-state index contributed by atoms with van der Waals surface area (Å²) >= 11 is 5.97. The van der Waals surface area contributed by atoms with E-state index in [1.165, 1.54) is 19.3 Å². The van der Waals surface area contributed by atoms with Gasteiger partial charge in [-0.3, -0.25) is 9.78 Å². The number of hydrogen-bond acceptors (Lipinski definition) is 4. The Labute approximate surface area is 255 Å². The van der Waals surface area contributed by atoms with E-state index in [9.17, 15) is 4.79 Å². The van der Waals surface area contributed by atoms with Gasteiger partial charge in [-0.05, 0) is 61.9 Å². The van der Waals surface area contributed by atoms with E-state index in [0.717, 1.165) is 39.7 Å². The zero-order valence-electron chi connectivity index (χ0n) is 27.6. The molecule has 0 fully saturated rings. The van der Waals surface area contributed by atoms with Crippen molar-refractivity contribution in [2.75, 3.05) is 0 Å². The lowest BCUT2D eigenvalue weighted by atomic mass is 9.85. The number of Topliss-reactive ketones (excluding diaryl/α,β-unsaturated/α-hetero) is 1. The molecule has 2 aromatic heterocycles. The molecule has 4 nitrogen and oxygen atoms in total. The monoisotopic (exact) mass is 580 g/mol. The first kappa shape index (κ1) is 36.3. The van der Waals surface area contributed by atoms with Gasteiger partial charge in [0.15, 0.2) is 11.9 Å². The number of aromatic nitrogens is 2. The summed E-state index contributed by atoms with van der Waals surface area (Å²) in [5.41, 5.74) is 6.46. The Morgan fingerprint density at radius 3 is 1.78 bits per heavy atom. The fraction of sp³-hybridized carbons (Fsp3) is 0.528. The molecule has 1 aliphatic heterocycles. The molecule has 0 saturated carbocycles. The summed E-state index contributed by atoms with van der Waals surface area (Å²) in [6.45, 7) is 25.3. The number of carbonyl (C=O) groups excluding carboxylic acids is 1. The van der Waals surface area contributed by atoms with Crippen LogP contribution in [0.25, 0.3) is 11.3 Å². The average Bonchev–Trinajstić information content (AvgIpc) is 3.33. The second kappa shape index (κ2) is 16.7. The van der Waals surface area contributed by atoms with Crippen molar-refractivity contribution in [3.05, 3.63) is 76.2 Å². The topological polar surface area (TPSA) is 52.1 Å². The first-order valence-corrected chi connectivity index (χ1v) is 15.3. The zero-order valence-corrected chi connectivity index (χ0v) is 28.4. The summed E-state index contributed by atoms with van der Waals surface area (Å²) in [7, 11) is 0. The van der Waals surface area contributed by atoms with E-state index in [0.29, 0.717) is 16.9 Å². The lowest BCUT2D eigenvalue weighted by Gasteiger charge is -2.23. The number of rotatable bonds is 3. The Morgan fingerprint density at radius 1 is 0.902 bits per heavy atom. The van der Waals surface area contributed by atoms with Gasteiger partial charge in [0.2, 0.25) is 0 Å². The molecular weight excluding hydrogens is 528 g/mol. The lowest BCUT2D eigenvalue weighted by molar-refractivity contribution is -0.122. The van der Waals surface area contributed by atoms with Crippen molar-refractivity contribution in [3.8, 4) is 17.0 Å². The molecule has 226 valence electrons. The number of fused-ring (bicyclic) bond motifs is 1. The maximum absolute atomic E-state index is 11.7. The molecule has 1 aliphatic rings.